The van der Waals surface area contributed by atoms with E-state index in [1.165, 1.54) is 0 Å². The molecule has 0 aliphatic heterocycles. The van der Waals surface area contributed by atoms with Crippen LogP contribution in [0, 0.1) is 6.92 Å². The Balaban J connectivity index is 2.33. The summed E-state index contributed by atoms with van der Waals surface area (Å²) in [5, 5.41) is 4.22. The standard InChI is InChI=1S/C15H17BrClNO/c1-3-8-18-15(14-7-4-10(2)19-14)11-5-6-13(17)12(16)9-11/h4-7,9,15,18H,3,8H2,1-2H3. The molecular weight excluding hydrogens is 326 g/mol. The first kappa shape index (κ1) is 14.6. The molecule has 2 aromatic rings. The van der Waals surface area contributed by atoms with Crippen molar-refractivity contribution in [3.8, 4) is 0 Å². The van der Waals surface area contributed by atoms with Crippen molar-refractivity contribution in [2.75, 3.05) is 6.54 Å². The molecule has 102 valence electrons. The van der Waals surface area contributed by atoms with E-state index in [1.54, 1.807) is 0 Å². The highest BCUT2D eigenvalue weighted by atomic mass is 79.9. The quantitative estimate of drug-likeness (QED) is 0.818. The third kappa shape index (κ3) is 3.62. The first-order chi connectivity index (χ1) is 9.11. The van der Waals surface area contributed by atoms with Crippen LogP contribution >= 0.6 is 27.5 Å². The van der Waals surface area contributed by atoms with Gasteiger partial charge in [-0.25, -0.2) is 0 Å². The average molecular weight is 343 g/mol. The lowest BCUT2D eigenvalue weighted by atomic mass is 10.0. The van der Waals surface area contributed by atoms with Gasteiger partial charge in [-0.15, -0.1) is 0 Å². The zero-order chi connectivity index (χ0) is 13.8. The molecule has 1 N–H and O–H groups in total. The highest BCUT2D eigenvalue weighted by Gasteiger charge is 2.17. The molecular formula is C15H17BrClNO. The second-order valence-electron chi connectivity index (χ2n) is 4.51. The lowest BCUT2D eigenvalue weighted by Gasteiger charge is -2.17. The summed E-state index contributed by atoms with van der Waals surface area (Å²) in [6, 6.07) is 10.0. The van der Waals surface area contributed by atoms with Crippen molar-refractivity contribution < 1.29 is 4.42 Å². The van der Waals surface area contributed by atoms with Crippen LogP contribution in [0.25, 0.3) is 0 Å². The SMILES string of the molecule is CCCNC(c1ccc(Cl)c(Br)c1)c1ccc(C)o1. The molecule has 0 fully saturated rings. The molecule has 0 saturated heterocycles. The number of halogens is 2. The molecule has 0 aliphatic rings. The fourth-order valence-corrected chi connectivity index (χ4v) is 2.49. The number of benzene rings is 1. The average Bonchev–Trinajstić information content (AvgIpc) is 2.80. The fourth-order valence-electron chi connectivity index (χ4n) is 1.97. The monoisotopic (exact) mass is 341 g/mol. The predicted octanol–water partition coefficient (Wildman–Crippen LogP) is 5.09. The number of nitrogens with one attached hydrogen (secondary N) is 1. The van der Waals surface area contributed by atoms with Crippen LogP contribution in [-0.4, -0.2) is 6.54 Å². The van der Waals surface area contributed by atoms with Crippen molar-refractivity contribution in [2.45, 2.75) is 26.3 Å². The maximum atomic E-state index is 6.05. The summed E-state index contributed by atoms with van der Waals surface area (Å²) in [5.74, 6) is 1.85. The van der Waals surface area contributed by atoms with Crippen LogP contribution < -0.4 is 5.32 Å². The fraction of sp³-hybridized carbons (Fsp3) is 0.333. The van der Waals surface area contributed by atoms with Gasteiger partial charge in [0, 0.05) is 4.47 Å². The molecule has 0 aliphatic carbocycles. The zero-order valence-electron chi connectivity index (χ0n) is 11.0. The molecule has 19 heavy (non-hydrogen) atoms. The number of furan rings is 1. The second-order valence-corrected chi connectivity index (χ2v) is 5.77. The van der Waals surface area contributed by atoms with Crippen molar-refractivity contribution in [3.05, 3.63) is 56.9 Å². The Morgan fingerprint density at radius 1 is 1.32 bits per heavy atom. The number of hydrogen-bond donors (Lipinski definition) is 1. The van der Waals surface area contributed by atoms with E-state index in [9.17, 15) is 0 Å². The van der Waals surface area contributed by atoms with E-state index < -0.39 is 0 Å². The topological polar surface area (TPSA) is 25.2 Å². The zero-order valence-corrected chi connectivity index (χ0v) is 13.4. The van der Waals surface area contributed by atoms with Crippen LogP contribution in [0.2, 0.25) is 5.02 Å². The lowest BCUT2D eigenvalue weighted by Crippen LogP contribution is -2.22. The molecule has 0 spiro atoms. The number of rotatable bonds is 5. The van der Waals surface area contributed by atoms with Crippen molar-refractivity contribution in [1.82, 2.24) is 5.32 Å². The minimum Gasteiger partial charge on any atom is -0.464 e. The molecule has 0 radical (unpaired) electrons. The first-order valence-corrected chi connectivity index (χ1v) is 7.53. The van der Waals surface area contributed by atoms with Crippen molar-refractivity contribution >= 4 is 27.5 Å². The third-order valence-electron chi connectivity index (χ3n) is 2.92. The molecule has 1 atom stereocenters. The Bertz CT molecular complexity index is 553. The molecule has 2 nitrogen and oxygen atoms in total. The lowest BCUT2D eigenvalue weighted by molar-refractivity contribution is 0.430. The molecule has 1 heterocycles. The molecule has 0 bridgehead atoms. The molecule has 0 amide bonds. The van der Waals surface area contributed by atoms with Crippen LogP contribution in [0.5, 0.6) is 0 Å². The normalized spacial score (nSPS) is 12.6. The maximum Gasteiger partial charge on any atom is 0.125 e. The van der Waals surface area contributed by atoms with Crippen molar-refractivity contribution in [1.29, 1.82) is 0 Å². The van der Waals surface area contributed by atoms with Gasteiger partial charge < -0.3 is 9.73 Å². The molecule has 2 rings (SSSR count). The summed E-state index contributed by atoms with van der Waals surface area (Å²) in [6.07, 6.45) is 1.07. The van der Waals surface area contributed by atoms with Gasteiger partial charge in [0.05, 0.1) is 11.1 Å². The van der Waals surface area contributed by atoms with Crippen LogP contribution in [-0.2, 0) is 0 Å². The Kier molecular flexibility index (Phi) is 5.08. The largest absolute Gasteiger partial charge is 0.464 e. The van der Waals surface area contributed by atoms with Crippen molar-refractivity contribution in [2.24, 2.45) is 0 Å². The summed E-state index contributed by atoms with van der Waals surface area (Å²) in [6.45, 7) is 5.04. The number of aryl methyl sites for hydroxylation is 1. The van der Waals surface area contributed by atoms with Crippen LogP contribution in [0.3, 0.4) is 0 Å². The smallest absolute Gasteiger partial charge is 0.125 e. The predicted molar refractivity (Wildman–Crippen MR) is 82.7 cm³/mol. The van der Waals surface area contributed by atoms with Gasteiger partial charge in [-0.05, 0) is 65.6 Å². The van der Waals surface area contributed by atoms with E-state index in [4.69, 9.17) is 16.0 Å². The summed E-state index contributed by atoms with van der Waals surface area (Å²) in [4.78, 5) is 0. The number of hydrogen-bond acceptors (Lipinski definition) is 2. The minimum atomic E-state index is 0.0576. The van der Waals surface area contributed by atoms with Gasteiger partial charge in [0.15, 0.2) is 0 Å². The van der Waals surface area contributed by atoms with E-state index in [1.807, 2.05) is 37.3 Å². The Morgan fingerprint density at radius 2 is 2.11 bits per heavy atom. The van der Waals surface area contributed by atoms with Gasteiger partial charge in [0.2, 0.25) is 0 Å². The molecule has 1 aromatic heterocycles. The highest BCUT2D eigenvalue weighted by Crippen LogP contribution is 2.30. The molecule has 1 unspecified atom stereocenters. The third-order valence-corrected chi connectivity index (χ3v) is 4.14. The summed E-state index contributed by atoms with van der Waals surface area (Å²) in [5.41, 5.74) is 1.14. The van der Waals surface area contributed by atoms with Gasteiger partial charge in [0.1, 0.15) is 11.5 Å². The maximum absolute atomic E-state index is 6.05. The van der Waals surface area contributed by atoms with Gasteiger partial charge in [-0.2, -0.15) is 0 Å². The van der Waals surface area contributed by atoms with E-state index in [0.29, 0.717) is 5.02 Å². The minimum absolute atomic E-state index is 0.0576. The van der Waals surface area contributed by atoms with Gasteiger partial charge in [-0.1, -0.05) is 24.6 Å². The Labute approximate surface area is 127 Å². The summed E-state index contributed by atoms with van der Waals surface area (Å²) < 4.78 is 6.66. The van der Waals surface area contributed by atoms with E-state index in [0.717, 1.165) is 34.5 Å². The van der Waals surface area contributed by atoms with Crippen LogP contribution in [0.15, 0.2) is 39.2 Å². The van der Waals surface area contributed by atoms with Crippen LogP contribution in [0.1, 0.15) is 36.5 Å². The molecule has 0 saturated carbocycles. The van der Waals surface area contributed by atoms with Gasteiger partial charge >= 0.3 is 0 Å². The highest BCUT2D eigenvalue weighted by molar-refractivity contribution is 9.10. The first-order valence-electron chi connectivity index (χ1n) is 6.36. The van der Waals surface area contributed by atoms with Crippen molar-refractivity contribution in [3.63, 3.8) is 0 Å². The van der Waals surface area contributed by atoms with Gasteiger partial charge in [-0.3, -0.25) is 0 Å². The summed E-state index contributed by atoms with van der Waals surface area (Å²) in [7, 11) is 0. The second kappa shape index (κ2) is 6.60. The Morgan fingerprint density at radius 3 is 2.68 bits per heavy atom. The van der Waals surface area contributed by atoms with E-state index in [-0.39, 0.29) is 6.04 Å². The molecule has 4 heteroatoms. The van der Waals surface area contributed by atoms with E-state index in [2.05, 4.69) is 28.2 Å². The van der Waals surface area contributed by atoms with E-state index >= 15 is 0 Å². The Hall–Kier alpha value is -0.770. The van der Waals surface area contributed by atoms with Gasteiger partial charge in [0.25, 0.3) is 0 Å². The van der Waals surface area contributed by atoms with Crippen LogP contribution in [0.4, 0.5) is 0 Å². The summed E-state index contributed by atoms with van der Waals surface area (Å²) >= 11 is 9.52. The molecule has 1 aromatic carbocycles.